The summed E-state index contributed by atoms with van der Waals surface area (Å²) < 4.78 is 37.7. The Labute approximate surface area is 163 Å². The number of hydrogen-bond donors (Lipinski definition) is 2. The topological polar surface area (TPSA) is 82.0 Å². The van der Waals surface area contributed by atoms with Crippen molar-refractivity contribution in [2.45, 2.75) is 23.8 Å². The average molecular weight is 414 g/mol. The molecule has 0 fully saturated rings. The van der Waals surface area contributed by atoms with Gasteiger partial charge in [-0.05, 0) is 36.1 Å². The summed E-state index contributed by atoms with van der Waals surface area (Å²) in [5.41, 5.74) is 0.908. The number of nitrogens with zero attached hydrogens (tertiary/aromatic N) is 2. The van der Waals surface area contributed by atoms with Crippen molar-refractivity contribution in [3.63, 3.8) is 0 Å². The summed E-state index contributed by atoms with van der Waals surface area (Å²) >= 11 is 1.13. The lowest BCUT2D eigenvalue weighted by Crippen LogP contribution is -2.39. The van der Waals surface area contributed by atoms with Crippen LogP contribution in [-0.2, 0) is 16.4 Å². The van der Waals surface area contributed by atoms with Crippen LogP contribution >= 0.6 is 11.3 Å². The summed E-state index contributed by atoms with van der Waals surface area (Å²) in [5, 5.41) is 14.9. The van der Waals surface area contributed by atoms with Crippen LogP contribution in [0.2, 0.25) is 0 Å². The van der Waals surface area contributed by atoms with Gasteiger partial charge in [0.1, 0.15) is 10.0 Å². The number of hydrogen-bond acceptors (Lipinski definition) is 5. The monoisotopic (exact) mass is 413 g/mol. The first-order valence-corrected chi connectivity index (χ1v) is 11.0. The van der Waals surface area contributed by atoms with Crippen molar-refractivity contribution < 1.29 is 17.9 Å². The molecule has 0 saturated heterocycles. The number of guanidine groups is 1. The van der Waals surface area contributed by atoms with E-state index in [1.165, 1.54) is 18.2 Å². The molecule has 27 heavy (non-hydrogen) atoms. The molecule has 0 aliphatic rings. The molecular weight excluding hydrogens is 389 g/mol. The molecule has 148 valence electrons. The average Bonchev–Trinajstić information content (AvgIpc) is 3.16. The predicted octanol–water partition coefficient (Wildman–Crippen LogP) is 2.12. The zero-order valence-electron chi connectivity index (χ0n) is 15.3. The summed E-state index contributed by atoms with van der Waals surface area (Å²) in [6.07, 6.45) is -1.11. The molecule has 0 saturated carbocycles. The predicted molar refractivity (Wildman–Crippen MR) is 106 cm³/mol. The molecule has 0 amide bonds. The number of rotatable bonds is 8. The van der Waals surface area contributed by atoms with Crippen LogP contribution in [0, 0.1) is 5.82 Å². The molecule has 0 radical (unpaired) electrons. The minimum Gasteiger partial charge on any atom is -0.390 e. The maximum atomic E-state index is 13.0. The molecule has 1 aromatic carbocycles. The lowest BCUT2D eigenvalue weighted by molar-refractivity contribution is 0.205. The van der Waals surface area contributed by atoms with E-state index in [0.29, 0.717) is 19.0 Å². The van der Waals surface area contributed by atoms with Crippen LogP contribution in [0.15, 0.2) is 51.0 Å². The van der Waals surface area contributed by atoms with E-state index >= 15 is 0 Å². The third kappa shape index (κ3) is 6.60. The molecule has 1 atom stereocenters. The lowest BCUT2D eigenvalue weighted by Gasteiger charge is -2.22. The van der Waals surface area contributed by atoms with Crippen molar-refractivity contribution in [2.24, 2.45) is 4.99 Å². The highest BCUT2D eigenvalue weighted by Gasteiger charge is 2.21. The number of sulfone groups is 1. The van der Waals surface area contributed by atoms with Crippen LogP contribution in [0.1, 0.15) is 12.5 Å². The van der Waals surface area contributed by atoms with Crippen molar-refractivity contribution in [3.8, 4) is 0 Å². The number of benzene rings is 1. The highest BCUT2D eigenvalue weighted by molar-refractivity contribution is 7.93. The minimum absolute atomic E-state index is 0.0410. The van der Waals surface area contributed by atoms with Crippen LogP contribution in [0.3, 0.4) is 0 Å². The quantitative estimate of drug-likeness (QED) is 0.512. The fraction of sp³-hybridized carbons (Fsp3) is 0.389. The Bertz CT molecular complexity index is 837. The van der Waals surface area contributed by atoms with Gasteiger partial charge < -0.3 is 15.3 Å². The molecule has 1 aromatic heterocycles. The smallest absolute Gasteiger partial charge is 0.194 e. The number of aliphatic hydroxyl groups excluding tert-OH is 1. The molecule has 1 heterocycles. The summed E-state index contributed by atoms with van der Waals surface area (Å²) in [4.78, 5) is 6.17. The zero-order valence-corrected chi connectivity index (χ0v) is 16.9. The molecule has 0 bridgehead atoms. The van der Waals surface area contributed by atoms with Gasteiger partial charge in [-0.15, -0.1) is 11.3 Å². The normalized spacial score (nSPS) is 13.4. The fourth-order valence-corrected chi connectivity index (χ4v) is 4.90. The molecule has 9 heteroatoms. The van der Waals surface area contributed by atoms with Crippen LogP contribution in [0.5, 0.6) is 0 Å². The van der Waals surface area contributed by atoms with Gasteiger partial charge in [0, 0.05) is 20.1 Å². The molecule has 0 aliphatic heterocycles. The summed E-state index contributed by atoms with van der Waals surface area (Å²) in [6, 6.07) is 9.36. The van der Waals surface area contributed by atoms with E-state index in [2.05, 4.69) is 10.3 Å². The first kappa shape index (κ1) is 21.3. The first-order chi connectivity index (χ1) is 12.8. The number of thiophene rings is 1. The van der Waals surface area contributed by atoms with E-state index in [9.17, 15) is 17.9 Å². The number of halogens is 1. The van der Waals surface area contributed by atoms with Crippen LogP contribution in [-0.4, -0.2) is 56.4 Å². The van der Waals surface area contributed by atoms with Crippen molar-refractivity contribution >= 4 is 27.1 Å². The largest absolute Gasteiger partial charge is 0.390 e. The maximum Gasteiger partial charge on any atom is 0.194 e. The zero-order chi connectivity index (χ0) is 19.9. The lowest BCUT2D eigenvalue weighted by atomic mass is 10.2. The second-order valence-electron chi connectivity index (χ2n) is 6.04. The Morgan fingerprint density at radius 2 is 2.04 bits per heavy atom. The van der Waals surface area contributed by atoms with E-state index in [1.54, 1.807) is 23.6 Å². The molecule has 2 rings (SSSR count). The van der Waals surface area contributed by atoms with Gasteiger partial charge in [0.2, 0.25) is 0 Å². The van der Waals surface area contributed by atoms with Gasteiger partial charge in [-0.2, -0.15) is 0 Å². The van der Waals surface area contributed by atoms with Crippen LogP contribution < -0.4 is 5.32 Å². The maximum absolute atomic E-state index is 13.0. The Kier molecular flexibility index (Phi) is 7.76. The third-order valence-electron chi connectivity index (χ3n) is 3.69. The summed E-state index contributed by atoms with van der Waals surface area (Å²) in [5.74, 6) is -0.135. The SMILES string of the molecule is CCNC(=NCC(O)CS(=O)(=O)c1cccs1)N(C)Cc1ccc(F)cc1. The van der Waals surface area contributed by atoms with E-state index in [4.69, 9.17) is 0 Å². The summed E-state index contributed by atoms with van der Waals surface area (Å²) in [6.45, 7) is 2.99. The van der Waals surface area contributed by atoms with Gasteiger partial charge in [0.05, 0.1) is 18.4 Å². The molecule has 1 unspecified atom stereocenters. The number of aliphatic hydroxyl groups is 1. The molecule has 0 spiro atoms. The van der Waals surface area contributed by atoms with Gasteiger partial charge in [-0.25, -0.2) is 12.8 Å². The van der Waals surface area contributed by atoms with Gasteiger partial charge >= 0.3 is 0 Å². The Morgan fingerprint density at radius 1 is 1.33 bits per heavy atom. The highest BCUT2D eigenvalue weighted by Crippen LogP contribution is 2.18. The van der Waals surface area contributed by atoms with Crippen molar-refractivity contribution in [1.82, 2.24) is 10.2 Å². The van der Waals surface area contributed by atoms with E-state index in [0.717, 1.165) is 16.9 Å². The van der Waals surface area contributed by atoms with E-state index in [1.807, 2.05) is 18.9 Å². The van der Waals surface area contributed by atoms with Gasteiger partial charge in [0.15, 0.2) is 15.8 Å². The summed E-state index contributed by atoms with van der Waals surface area (Å²) in [7, 11) is -1.70. The minimum atomic E-state index is -3.52. The van der Waals surface area contributed by atoms with Crippen molar-refractivity contribution in [2.75, 3.05) is 25.9 Å². The highest BCUT2D eigenvalue weighted by atomic mass is 32.2. The molecule has 0 aliphatic carbocycles. The standard InChI is InChI=1S/C18H24FN3O3S2/c1-3-20-18(22(2)12-14-6-8-15(19)9-7-14)21-11-16(23)13-27(24,25)17-5-4-10-26-17/h4-10,16,23H,3,11-13H2,1-2H3,(H,20,21). The molecular formula is C18H24FN3O3S2. The molecule has 6 nitrogen and oxygen atoms in total. The second kappa shape index (κ2) is 9.82. The first-order valence-electron chi connectivity index (χ1n) is 8.50. The van der Waals surface area contributed by atoms with Gasteiger partial charge in [-0.1, -0.05) is 18.2 Å². The Hall–Kier alpha value is -1.97. The van der Waals surface area contributed by atoms with Gasteiger partial charge in [0.25, 0.3) is 0 Å². The van der Waals surface area contributed by atoms with Gasteiger partial charge in [-0.3, -0.25) is 4.99 Å². The number of aliphatic imine (C=N–C) groups is 1. The molecule has 2 aromatic rings. The Morgan fingerprint density at radius 3 is 2.63 bits per heavy atom. The van der Waals surface area contributed by atoms with E-state index in [-0.39, 0.29) is 22.3 Å². The third-order valence-corrected chi connectivity index (χ3v) is 6.98. The van der Waals surface area contributed by atoms with Crippen LogP contribution in [0.25, 0.3) is 0 Å². The molecule has 2 N–H and O–H groups in total. The van der Waals surface area contributed by atoms with E-state index < -0.39 is 15.9 Å². The fourth-order valence-electron chi connectivity index (χ4n) is 2.43. The van der Waals surface area contributed by atoms with Crippen molar-refractivity contribution in [1.29, 1.82) is 0 Å². The Balaban J connectivity index is 2.00. The second-order valence-corrected chi connectivity index (χ2v) is 9.25. The van der Waals surface area contributed by atoms with Crippen LogP contribution in [0.4, 0.5) is 4.39 Å². The van der Waals surface area contributed by atoms with Crippen molar-refractivity contribution in [3.05, 3.63) is 53.2 Å². The number of nitrogens with one attached hydrogen (secondary N) is 1.